The highest BCUT2D eigenvalue weighted by atomic mass is 16.6. The zero-order chi connectivity index (χ0) is 20.3. The Bertz CT molecular complexity index is 676. The Morgan fingerprint density at radius 3 is 2.48 bits per heavy atom. The molecule has 1 heterocycles. The fraction of sp³-hybridized carbons (Fsp3) is 0.524. The van der Waals surface area contributed by atoms with E-state index in [1.54, 1.807) is 0 Å². The second kappa shape index (κ2) is 11.3. The molecule has 0 aliphatic heterocycles. The highest BCUT2D eigenvalue weighted by molar-refractivity contribution is 5.67. The average Bonchev–Trinajstić information content (AvgIpc) is 2.98. The summed E-state index contributed by atoms with van der Waals surface area (Å²) in [6.45, 7) is 13.3. The zero-order valence-electron chi connectivity index (χ0n) is 17.4. The number of nitrogens with zero attached hydrogens (tertiary/aromatic N) is 2. The van der Waals surface area contributed by atoms with Gasteiger partial charge < -0.3 is 14.8 Å². The van der Waals surface area contributed by atoms with Gasteiger partial charge in [-0.3, -0.25) is 4.68 Å². The van der Waals surface area contributed by atoms with Crippen molar-refractivity contribution in [2.45, 2.75) is 66.7 Å². The van der Waals surface area contributed by atoms with Crippen LogP contribution < -0.4 is 10.1 Å². The van der Waals surface area contributed by atoms with Crippen LogP contribution in [0.1, 0.15) is 52.3 Å². The number of carbonyl (C=O) groups is 1. The Labute approximate surface area is 162 Å². The quantitative estimate of drug-likeness (QED) is 0.712. The van der Waals surface area contributed by atoms with Gasteiger partial charge in [-0.15, -0.1) is 5.10 Å². The second-order valence-electron chi connectivity index (χ2n) is 6.90. The van der Waals surface area contributed by atoms with E-state index in [2.05, 4.69) is 10.4 Å². The molecule has 0 saturated heterocycles. The van der Waals surface area contributed by atoms with Crippen LogP contribution in [0, 0.1) is 6.92 Å². The molecule has 0 fully saturated rings. The van der Waals surface area contributed by atoms with Gasteiger partial charge in [0, 0.05) is 24.8 Å². The van der Waals surface area contributed by atoms with Crippen LogP contribution in [0.5, 0.6) is 5.88 Å². The van der Waals surface area contributed by atoms with Gasteiger partial charge in [0.05, 0.1) is 0 Å². The molecule has 0 aliphatic rings. The topological polar surface area (TPSA) is 65.4 Å². The van der Waals surface area contributed by atoms with Crippen molar-refractivity contribution >= 4 is 6.09 Å². The van der Waals surface area contributed by atoms with Crippen LogP contribution in [-0.2, 0) is 17.9 Å². The predicted molar refractivity (Wildman–Crippen MR) is 108 cm³/mol. The van der Waals surface area contributed by atoms with Gasteiger partial charge in [-0.2, -0.15) is 0 Å². The summed E-state index contributed by atoms with van der Waals surface area (Å²) in [5.74, 6) is 0.612. The Morgan fingerprint density at radius 1 is 1.19 bits per heavy atom. The number of alkyl carbamates (subject to hydrolysis) is 1. The first kappa shape index (κ1) is 22.5. The monoisotopic (exact) mass is 375 g/mol. The molecule has 0 saturated carbocycles. The summed E-state index contributed by atoms with van der Waals surface area (Å²) in [4.78, 5) is 11.6. The van der Waals surface area contributed by atoms with Gasteiger partial charge in [0.25, 0.3) is 0 Å². The molecular formula is C21H33N3O3. The van der Waals surface area contributed by atoms with E-state index in [-0.39, 0.29) is 0 Å². The minimum Gasteiger partial charge on any atom is -0.472 e. The second-order valence-corrected chi connectivity index (χ2v) is 6.90. The maximum atomic E-state index is 11.6. The molecule has 1 N–H and O–H groups in total. The van der Waals surface area contributed by atoms with Crippen molar-refractivity contribution in [1.82, 2.24) is 15.1 Å². The average molecular weight is 376 g/mol. The lowest BCUT2D eigenvalue weighted by Gasteiger charge is -2.19. The van der Waals surface area contributed by atoms with Crippen LogP contribution in [0.2, 0.25) is 0 Å². The molecule has 1 aromatic heterocycles. The van der Waals surface area contributed by atoms with E-state index in [1.807, 2.05) is 82.6 Å². The molecule has 0 unspecified atom stereocenters. The van der Waals surface area contributed by atoms with Crippen molar-refractivity contribution in [3.8, 4) is 5.88 Å². The van der Waals surface area contributed by atoms with Gasteiger partial charge in [-0.1, -0.05) is 44.2 Å². The van der Waals surface area contributed by atoms with Crippen LogP contribution in [-0.4, -0.2) is 28.0 Å². The molecule has 2 aromatic rings. The van der Waals surface area contributed by atoms with Crippen molar-refractivity contribution in [3.63, 3.8) is 0 Å². The smallest absolute Gasteiger partial charge is 0.407 e. The van der Waals surface area contributed by atoms with Crippen molar-refractivity contribution in [3.05, 3.63) is 47.7 Å². The summed E-state index contributed by atoms with van der Waals surface area (Å²) in [5.41, 5.74) is 1.66. The molecule has 0 spiro atoms. The number of hydrogen-bond acceptors (Lipinski definition) is 4. The molecule has 27 heavy (non-hydrogen) atoms. The summed E-state index contributed by atoms with van der Waals surface area (Å²) < 4.78 is 12.8. The summed E-state index contributed by atoms with van der Waals surface area (Å²) in [5, 5.41) is 7.20. The first-order valence-corrected chi connectivity index (χ1v) is 9.51. The van der Waals surface area contributed by atoms with Crippen LogP contribution in [0.15, 0.2) is 36.4 Å². The standard InChI is InChI=1S/C19H27N3O3.C2H6/c1-15-13-17(24-14-16-9-6-5-7-10-16)21-22(15)12-8-11-20-18(23)25-19(2,3)4;1-2/h5-7,9-10,13H,8,11-12,14H2,1-4H3,(H,20,23);1-2H3. The Kier molecular flexibility index (Phi) is 9.40. The molecule has 1 amide bonds. The summed E-state index contributed by atoms with van der Waals surface area (Å²) >= 11 is 0. The number of hydrogen-bond donors (Lipinski definition) is 1. The molecular weight excluding hydrogens is 342 g/mol. The van der Waals surface area contributed by atoms with Crippen LogP contribution in [0.4, 0.5) is 4.79 Å². The van der Waals surface area contributed by atoms with Gasteiger partial charge in [0.2, 0.25) is 5.88 Å². The van der Waals surface area contributed by atoms with E-state index in [0.717, 1.165) is 17.7 Å². The van der Waals surface area contributed by atoms with Crippen molar-refractivity contribution in [2.75, 3.05) is 6.54 Å². The number of ether oxygens (including phenoxy) is 2. The normalized spacial score (nSPS) is 10.6. The molecule has 1 aromatic carbocycles. The van der Waals surface area contributed by atoms with Gasteiger partial charge in [-0.05, 0) is 39.7 Å². The molecule has 2 rings (SSSR count). The predicted octanol–water partition coefficient (Wildman–Crippen LogP) is 4.71. The van der Waals surface area contributed by atoms with Gasteiger partial charge >= 0.3 is 6.09 Å². The number of carbonyl (C=O) groups excluding carboxylic acids is 1. The first-order chi connectivity index (χ1) is 12.8. The van der Waals surface area contributed by atoms with E-state index >= 15 is 0 Å². The molecule has 6 nitrogen and oxygen atoms in total. The highest BCUT2D eigenvalue weighted by Gasteiger charge is 2.15. The van der Waals surface area contributed by atoms with E-state index < -0.39 is 11.7 Å². The molecule has 0 bridgehead atoms. The third kappa shape index (κ3) is 9.13. The Morgan fingerprint density at radius 2 is 1.85 bits per heavy atom. The lowest BCUT2D eigenvalue weighted by molar-refractivity contribution is 0.0526. The van der Waals surface area contributed by atoms with E-state index in [4.69, 9.17) is 9.47 Å². The lowest BCUT2D eigenvalue weighted by Crippen LogP contribution is -2.33. The van der Waals surface area contributed by atoms with Gasteiger partial charge in [0.15, 0.2) is 0 Å². The van der Waals surface area contributed by atoms with Gasteiger partial charge in [0.1, 0.15) is 12.2 Å². The zero-order valence-corrected chi connectivity index (χ0v) is 17.4. The lowest BCUT2D eigenvalue weighted by atomic mass is 10.2. The van der Waals surface area contributed by atoms with Crippen LogP contribution in [0.25, 0.3) is 0 Å². The molecule has 150 valence electrons. The van der Waals surface area contributed by atoms with Crippen LogP contribution in [0.3, 0.4) is 0 Å². The Balaban J connectivity index is 0.00000176. The SMILES string of the molecule is CC.Cc1cc(OCc2ccccc2)nn1CCCNC(=O)OC(C)(C)C. The fourth-order valence-electron chi connectivity index (χ4n) is 2.24. The molecule has 0 aliphatic carbocycles. The third-order valence-electron chi connectivity index (χ3n) is 3.40. The number of aryl methyl sites for hydroxylation is 2. The largest absolute Gasteiger partial charge is 0.472 e. The van der Waals surface area contributed by atoms with Crippen molar-refractivity contribution < 1.29 is 14.3 Å². The summed E-state index contributed by atoms with van der Waals surface area (Å²) in [6.07, 6.45) is 0.372. The van der Waals surface area contributed by atoms with Crippen molar-refractivity contribution in [2.24, 2.45) is 0 Å². The number of benzene rings is 1. The third-order valence-corrected chi connectivity index (χ3v) is 3.40. The minimum atomic E-state index is -0.479. The highest BCUT2D eigenvalue weighted by Crippen LogP contribution is 2.13. The summed E-state index contributed by atoms with van der Waals surface area (Å²) in [7, 11) is 0. The Hall–Kier alpha value is -2.50. The van der Waals surface area contributed by atoms with E-state index in [0.29, 0.717) is 25.6 Å². The maximum absolute atomic E-state index is 11.6. The minimum absolute atomic E-state index is 0.392. The number of nitrogens with one attached hydrogen (secondary N) is 1. The van der Waals surface area contributed by atoms with E-state index in [1.165, 1.54) is 0 Å². The first-order valence-electron chi connectivity index (χ1n) is 9.51. The van der Waals surface area contributed by atoms with Crippen molar-refractivity contribution in [1.29, 1.82) is 0 Å². The van der Waals surface area contributed by atoms with E-state index in [9.17, 15) is 4.79 Å². The summed E-state index contributed by atoms with van der Waals surface area (Å²) in [6, 6.07) is 11.9. The maximum Gasteiger partial charge on any atom is 0.407 e. The molecule has 0 radical (unpaired) electrons. The number of amides is 1. The molecule has 0 atom stereocenters. The van der Waals surface area contributed by atoms with Crippen LogP contribution >= 0.6 is 0 Å². The van der Waals surface area contributed by atoms with Gasteiger partial charge in [-0.25, -0.2) is 4.79 Å². The molecule has 6 heteroatoms. The fourth-order valence-corrected chi connectivity index (χ4v) is 2.24. The number of aromatic nitrogens is 2. The number of rotatable bonds is 7.